The van der Waals surface area contributed by atoms with Gasteiger partial charge in [-0.3, -0.25) is 9.98 Å². The highest BCUT2D eigenvalue weighted by Crippen LogP contribution is 2.32. The number of pyridine rings is 1. The number of nitrogens with one attached hydrogen (secondary N) is 1. The van der Waals surface area contributed by atoms with Gasteiger partial charge in [0.1, 0.15) is 11.3 Å². The van der Waals surface area contributed by atoms with E-state index in [-0.39, 0.29) is 0 Å². The molecular formula is C17H16N4OS. The molecule has 0 saturated heterocycles. The van der Waals surface area contributed by atoms with Crippen LogP contribution >= 0.6 is 11.5 Å². The van der Waals surface area contributed by atoms with Gasteiger partial charge in [-0.05, 0) is 49.6 Å². The van der Waals surface area contributed by atoms with E-state index in [0.717, 1.165) is 32.9 Å². The zero-order valence-electron chi connectivity index (χ0n) is 12.9. The molecule has 3 heterocycles. The molecule has 23 heavy (non-hydrogen) atoms. The van der Waals surface area contributed by atoms with Crippen LogP contribution in [-0.2, 0) is 12.1 Å². The predicted molar refractivity (Wildman–Crippen MR) is 93.0 cm³/mol. The molecule has 1 aliphatic rings. The van der Waals surface area contributed by atoms with Crippen LogP contribution < -0.4 is 5.32 Å². The lowest BCUT2D eigenvalue weighted by Crippen LogP contribution is -2.16. The van der Waals surface area contributed by atoms with Crippen molar-refractivity contribution in [3.63, 3.8) is 0 Å². The highest BCUT2D eigenvalue weighted by Gasteiger charge is 2.23. The number of nitrogens with zero attached hydrogens (tertiary/aromatic N) is 3. The summed E-state index contributed by atoms with van der Waals surface area (Å²) in [6, 6.07) is 9.98. The van der Waals surface area contributed by atoms with Crippen LogP contribution in [0.25, 0.3) is 10.1 Å². The molecule has 0 fully saturated rings. The van der Waals surface area contributed by atoms with Gasteiger partial charge in [-0.25, -0.2) is 0 Å². The minimum Gasteiger partial charge on any atom is -0.384 e. The predicted octanol–water partition coefficient (Wildman–Crippen LogP) is 3.29. The van der Waals surface area contributed by atoms with E-state index in [9.17, 15) is 5.11 Å². The molecule has 2 aromatic heterocycles. The molecular weight excluding hydrogens is 308 g/mol. The third-order valence-corrected chi connectivity index (χ3v) is 4.65. The van der Waals surface area contributed by atoms with Gasteiger partial charge in [-0.1, -0.05) is 6.07 Å². The normalized spacial score (nSPS) is 14.0. The Morgan fingerprint density at radius 2 is 2.13 bits per heavy atom. The molecule has 3 aromatic rings. The van der Waals surface area contributed by atoms with Crippen molar-refractivity contribution in [2.45, 2.75) is 26.0 Å². The molecule has 2 N–H and O–H groups in total. The fourth-order valence-corrected chi connectivity index (χ4v) is 3.66. The van der Waals surface area contributed by atoms with E-state index in [4.69, 9.17) is 0 Å². The summed E-state index contributed by atoms with van der Waals surface area (Å²) in [6.45, 7) is 4.17. The lowest BCUT2D eigenvalue weighted by Gasteiger charge is -2.14. The molecule has 0 amide bonds. The molecule has 0 bridgehead atoms. The molecule has 0 atom stereocenters. The first-order valence-electron chi connectivity index (χ1n) is 7.40. The molecule has 0 radical (unpaired) electrons. The third-order valence-electron chi connectivity index (χ3n) is 3.84. The highest BCUT2D eigenvalue weighted by atomic mass is 32.1. The molecule has 5 nitrogen and oxygen atoms in total. The van der Waals surface area contributed by atoms with Crippen LogP contribution in [0.1, 0.15) is 30.8 Å². The summed E-state index contributed by atoms with van der Waals surface area (Å²) in [5, 5.41) is 14.5. The Balaban J connectivity index is 1.67. The van der Waals surface area contributed by atoms with Crippen molar-refractivity contribution in [3.8, 4) is 0 Å². The van der Waals surface area contributed by atoms with Crippen LogP contribution in [0.15, 0.2) is 41.5 Å². The van der Waals surface area contributed by atoms with E-state index in [1.54, 1.807) is 20.0 Å². The Hall–Kier alpha value is -2.31. The average molecular weight is 324 g/mol. The summed E-state index contributed by atoms with van der Waals surface area (Å²) in [7, 11) is 0. The number of aliphatic imine (C=N–C) groups is 1. The molecule has 4 rings (SSSR count). The summed E-state index contributed by atoms with van der Waals surface area (Å²) in [5.74, 6) is 0.798. The van der Waals surface area contributed by atoms with E-state index < -0.39 is 5.60 Å². The summed E-state index contributed by atoms with van der Waals surface area (Å²) >= 11 is 1.39. The van der Waals surface area contributed by atoms with Gasteiger partial charge in [0.2, 0.25) is 0 Å². The van der Waals surface area contributed by atoms with Gasteiger partial charge in [0.05, 0.1) is 16.9 Å². The topological polar surface area (TPSA) is 70.4 Å². The summed E-state index contributed by atoms with van der Waals surface area (Å²) in [6.07, 6.45) is 1.78. The summed E-state index contributed by atoms with van der Waals surface area (Å²) in [5.41, 5.74) is 2.77. The molecule has 0 unspecified atom stereocenters. The molecule has 116 valence electrons. The molecule has 0 saturated carbocycles. The van der Waals surface area contributed by atoms with Crippen molar-refractivity contribution in [1.82, 2.24) is 9.36 Å². The standard InChI is InChI=1S/C17H16N4OS/c1-17(2,22)15-12-6-5-11(8-13(12)23-21-15)20-16-14-10(9-19-16)4-3-7-18-14/h3-8,22H,9H2,1-2H3,(H,19,20). The van der Waals surface area contributed by atoms with E-state index in [2.05, 4.69) is 19.7 Å². The maximum atomic E-state index is 10.2. The Kier molecular flexibility index (Phi) is 3.18. The first kappa shape index (κ1) is 14.3. The molecule has 1 aromatic carbocycles. The van der Waals surface area contributed by atoms with Gasteiger partial charge in [0.15, 0.2) is 5.84 Å². The SMILES string of the molecule is CC(C)(O)c1nsc2cc(NC3=NCc4cccnc43)ccc12. The number of aliphatic hydroxyl groups is 1. The molecule has 0 spiro atoms. The Morgan fingerprint density at radius 3 is 2.96 bits per heavy atom. The Bertz CT molecular complexity index is 924. The molecule has 6 heteroatoms. The summed E-state index contributed by atoms with van der Waals surface area (Å²) in [4.78, 5) is 8.91. The number of hydrogen-bond acceptors (Lipinski definition) is 6. The van der Waals surface area contributed by atoms with Crippen LogP contribution in [0.4, 0.5) is 5.69 Å². The number of anilines is 1. The van der Waals surface area contributed by atoms with E-state index in [1.807, 2.05) is 30.3 Å². The minimum atomic E-state index is -0.939. The Morgan fingerprint density at radius 1 is 1.26 bits per heavy atom. The number of aromatic nitrogens is 2. The van der Waals surface area contributed by atoms with Crippen LogP contribution in [-0.4, -0.2) is 20.3 Å². The van der Waals surface area contributed by atoms with E-state index >= 15 is 0 Å². The number of benzene rings is 1. The van der Waals surface area contributed by atoms with Crippen molar-refractivity contribution in [2.24, 2.45) is 4.99 Å². The van der Waals surface area contributed by atoms with Gasteiger partial charge in [0.25, 0.3) is 0 Å². The average Bonchev–Trinajstić information content (AvgIpc) is 3.11. The molecule has 1 aliphatic heterocycles. The van der Waals surface area contributed by atoms with Crippen LogP contribution in [0.5, 0.6) is 0 Å². The third kappa shape index (κ3) is 2.50. The van der Waals surface area contributed by atoms with Gasteiger partial charge in [0, 0.05) is 22.8 Å². The number of amidine groups is 1. The van der Waals surface area contributed by atoms with Gasteiger partial charge in [-0.2, -0.15) is 4.37 Å². The fourth-order valence-electron chi connectivity index (χ4n) is 2.71. The van der Waals surface area contributed by atoms with Crippen molar-refractivity contribution in [2.75, 3.05) is 5.32 Å². The van der Waals surface area contributed by atoms with Crippen molar-refractivity contribution in [1.29, 1.82) is 0 Å². The maximum Gasteiger partial charge on any atom is 0.152 e. The zero-order valence-corrected chi connectivity index (χ0v) is 13.7. The highest BCUT2D eigenvalue weighted by molar-refractivity contribution is 7.13. The second-order valence-corrected chi connectivity index (χ2v) is 6.91. The van der Waals surface area contributed by atoms with Crippen molar-refractivity contribution >= 4 is 33.1 Å². The monoisotopic (exact) mass is 324 g/mol. The smallest absolute Gasteiger partial charge is 0.152 e. The quantitative estimate of drug-likeness (QED) is 0.759. The van der Waals surface area contributed by atoms with Crippen molar-refractivity contribution in [3.05, 3.63) is 53.5 Å². The lowest BCUT2D eigenvalue weighted by molar-refractivity contribution is 0.0765. The molecule has 0 aliphatic carbocycles. The lowest BCUT2D eigenvalue weighted by atomic mass is 10.0. The second kappa shape index (κ2) is 5.11. The fraction of sp³-hybridized carbons (Fsp3) is 0.235. The second-order valence-electron chi connectivity index (χ2n) is 6.10. The Labute approximate surface area is 137 Å². The van der Waals surface area contributed by atoms with Gasteiger partial charge >= 0.3 is 0 Å². The number of hydrogen-bond donors (Lipinski definition) is 2. The van der Waals surface area contributed by atoms with E-state index in [0.29, 0.717) is 12.2 Å². The van der Waals surface area contributed by atoms with E-state index in [1.165, 1.54) is 11.5 Å². The van der Waals surface area contributed by atoms with Crippen LogP contribution in [0.3, 0.4) is 0 Å². The van der Waals surface area contributed by atoms with Crippen LogP contribution in [0, 0.1) is 0 Å². The number of fused-ring (bicyclic) bond motifs is 2. The number of rotatable bonds is 2. The first-order valence-corrected chi connectivity index (χ1v) is 8.18. The van der Waals surface area contributed by atoms with Gasteiger partial charge in [-0.15, -0.1) is 0 Å². The summed E-state index contributed by atoms with van der Waals surface area (Å²) < 4.78 is 5.43. The van der Waals surface area contributed by atoms with Gasteiger partial charge < -0.3 is 10.4 Å². The minimum absolute atomic E-state index is 0.664. The van der Waals surface area contributed by atoms with Crippen molar-refractivity contribution < 1.29 is 5.11 Å². The van der Waals surface area contributed by atoms with Crippen LogP contribution in [0.2, 0.25) is 0 Å². The maximum absolute atomic E-state index is 10.2. The first-order chi connectivity index (χ1) is 11.0. The largest absolute Gasteiger partial charge is 0.384 e. The zero-order chi connectivity index (χ0) is 16.0.